The largest absolute Gasteiger partial charge is 0.469 e. The average Bonchev–Trinajstić information content (AvgIpc) is 3.21. The Kier molecular flexibility index (Phi) is 6.09. The second kappa shape index (κ2) is 9.62. The smallest absolute Gasteiger partial charge is 0.344 e. The highest BCUT2D eigenvalue weighted by atomic mass is 32.2. The fourth-order valence-corrected chi connectivity index (χ4v) is 8.14. The lowest BCUT2D eigenvalue weighted by atomic mass is 9.67. The minimum absolute atomic E-state index is 0.00350. The highest BCUT2D eigenvalue weighted by Gasteiger charge is 2.70. The third-order valence-electron chi connectivity index (χ3n) is 8.37. The number of carbonyl (C=O) groups is 2. The van der Waals surface area contributed by atoms with Gasteiger partial charge in [0, 0.05) is 22.7 Å². The molecular formula is C32H27FN2O6S. The maximum atomic E-state index is 15.2. The van der Waals surface area contributed by atoms with E-state index < -0.39 is 39.7 Å². The van der Waals surface area contributed by atoms with Crippen molar-refractivity contribution < 1.29 is 27.9 Å². The van der Waals surface area contributed by atoms with E-state index in [2.05, 4.69) is 5.32 Å². The number of benzene rings is 3. The van der Waals surface area contributed by atoms with Gasteiger partial charge in [0.25, 0.3) is 0 Å². The molecule has 1 aromatic heterocycles. The number of carbonyl (C=O) groups excluding carboxylic acids is 2. The van der Waals surface area contributed by atoms with E-state index in [1.165, 1.54) is 31.0 Å². The van der Waals surface area contributed by atoms with Crippen molar-refractivity contribution in [3.05, 3.63) is 94.1 Å². The maximum absolute atomic E-state index is 15.2. The molecule has 214 valence electrons. The van der Waals surface area contributed by atoms with E-state index in [-0.39, 0.29) is 23.3 Å². The van der Waals surface area contributed by atoms with Gasteiger partial charge in [0.05, 0.1) is 23.4 Å². The molecule has 1 spiro atoms. The van der Waals surface area contributed by atoms with Crippen LogP contribution in [0.15, 0.2) is 80.8 Å². The summed E-state index contributed by atoms with van der Waals surface area (Å²) in [5.74, 6) is -1.40. The Bertz CT molecular complexity index is 1840. The lowest BCUT2D eigenvalue weighted by Crippen LogP contribution is -2.69. The van der Waals surface area contributed by atoms with Gasteiger partial charge >= 0.3 is 11.6 Å². The number of rotatable bonds is 5. The maximum Gasteiger partial charge on any atom is 0.344 e. The molecule has 8 nitrogen and oxygen atoms in total. The molecule has 0 radical (unpaired) electrons. The van der Waals surface area contributed by atoms with Crippen molar-refractivity contribution in [3.63, 3.8) is 0 Å². The van der Waals surface area contributed by atoms with Crippen molar-refractivity contribution in [2.75, 3.05) is 23.9 Å². The molecule has 0 fully saturated rings. The number of ether oxygens (including phenoxy) is 2. The summed E-state index contributed by atoms with van der Waals surface area (Å²) in [6.45, 7) is 2.39. The predicted octanol–water partition coefficient (Wildman–Crippen LogP) is 5.60. The lowest BCUT2D eigenvalue weighted by molar-refractivity contribution is -0.146. The van der Waals surface area contributed by atoms with Crippen LogP contribution in [-0.4, -0.2) is 36.5 Å². The van der Waals surface area contributed by atoms with Crippen LogP contribution < -0.4 is 20.6 Å². The van der Waals surface area contributed by atoms with Crippen LogP contribution in [0.5, 0.6) is 5.75 Å². The summed E-state index contributed by atoms with van der Waals surface area (Å²) < 4.78 is 32.9. The molecule has 1 N–H and O–H groups in total. The van der Waals surface area contributed by atoms with Crippen molar-refractivity contribution in [2.45, 2.75) is 47.5 Å². The van der Waals surface area contributed by atoms with Gasteiger partial charge in [-0.15, -0.1) is 11.8 Å². The monoisotopic (exact) mass is 586 g/mol. The minimum Gasteiger partial charge on any atom is -0.469 e. The van der Waals surface area contributed by atoms with Crippen LogP contribution in [0.3, 0.4) is 0 Å². The first kappa shape index (κ1) is 26.6. The van der Waals surface area contributed by atoms with Gasteiger partial charge in [-0.05, 0) is 48.9 Å². The lowest BCUT2D eigenvalue weighted by Gasteiger charge is -2.54. The molecule has 0 aliphatic carbocycles. The fraction of sp³-hybridized carbons (Fsp3) is 0.281. The zero-order valence-corrected chi connectivity index (χ0v) is 23.8. The molecule has 0 unspecified atom stereocenters. The average molecular weight is 587 g/mol. The molecule has 1 amide bonds. The van der Waals surface area contributed by atoms with Gasteiger partial charge in [0.1, 0.15) is 34.5 Å². The van der Waals surface area contributed by atoms with E-state index in [4.69, 9.17) is 13.9 Å². The van der Waals surface area contributed by atoms with Crippen molar-refractivity contribution in [3.8, 4) is 5.75 Å². The summed E-state index contributed by atoms with van der Waals surface area (Å²) in [6, 6.07) is 18.6. The third-order valence-corrected chi connectivity index (χ3v) is 9.95. The zero-order chi connectivity index (χ0) is 29.2. The van der Waals surface area contributed by atoms with Crippen LogP contribution in [0.4, 0.5) is 15.8 Å². The molecule has 3 aromatic carbocycles. The van der Waals surface area contributed by atoms with Crippen LogP contribution in [0.2, 0.25) is 0 Å². The van der Waals surface area contributed by atoms with E-state index >= 15 is 9.18 Å². The summed E-state index contributed by atoms with van der Waals surface area (Å²) in [6.07, 6.45) is 1.22. The van der Waals surface area contributed by atoms with Gasteiger partial charge in [0.2, 0.25) is 11.6 Å². The van der Waals surface area contributed by atoms with E-state index in [1.54, 1.807) is 35.2 Å². The van der Waals surface area contributed by atoms with Crippen LogP contribution in [0.1, 0.15) is 37.3 Å². The van der Waals surface area contributed by atoms with E-state index in [0.29, 0.717) is 35.3 Å². The topological polar surface area (TPSA) is 98.1 Å². The number of halogens is 1. The van der Waals surface area contributed by atoms with E-state index in [0.717, 1.165) is 11.3 Å². The Balaban J connectivity index is 1.63. The van der Waals surface area contributed by atoms with E-state index in [1.807, 2.05) is 31.2 Å². The molecule has 4 aromatic rings. The number of esters is 1. The molecule has 3 aliphatic rings. The number of nitrogens with zero attached hydrogens (tertiary/aromatic N) is 1. The molecule has 4 heterocycles. The molecule has 0 bridgehead atoms. The number of hydrogen-bond donors (Lipinski definition) is 1. The SMILES string of the molecule is CCCCN1C(=O)[C@]2(c3cc(F)ccc31)c1c(c3ccccc3oc1=O)O[C@@]1(CC(=O)OC)Nc3ccccc3S[C@@H]21. The number of para-hydroxylation sites is 2. The van der Waals surface area contributed by atoms with E-state index in [9.17, 15) is 9.59 Å². The highest BCUT2D eigenvalue weighted by molar-refractivity contribution is 8.00. The number of fused-ring (bicyclic) bond motifs is 9. The predicted molar refractivity (Wildman–Crippen MR) is 157 cm³/mol. The number of thioether (sulfide) groups is 1. The normalized spacial score (nSPS) is 23.5. The highest BCUT2D eigenvalue weighted by Crippen LogP contribution is 2.63. The Hall–Kier alpha value is -4.31. The summed E-state index contributed by atoms with van der Waals surface area (Å²) in [5.41, 5.74) is -2.27. The number of amides is 1. The van der Waals surface area contributed by atoms with Gasteiger partial charge in [-0.2, -0.15) is 0 Å². The number of unbranched alkanes of at least 4 members (excludes halogenated alkanes) is 1. The zero-order valence-electron chi connectivity index (χ0n) is 22.9. The summed E-state index contributed by atoms with van der Waals surface area (Å²) in [5, 5.41) is 2.96. The van der Waals surface area contributed by atoms with Gasteiger partial charge in [-0.1, -0.05) is 37.6 Å². The van der Waals surface area contributed by atoms with Crippen molar-refractivity contribution in [2.24, 2.45) is 0 Å². The second-order valence-electron chi connectivity index (χ2n) is 10.7. The standard InChI is InChI=1S/C32H27FN2O6S/c1-3-4-15-35-22-14-13-18(33)16-20(22)32(30(35)38)26-27(19-9-5-7-11-23(19)40-28(26)37)41-31(17-25(36)39-2)29(32)42-24-12-8-6-10-21(24)34-31/h5-14,16,29,34H,3-4,15,17H2,1-2H3/t29-,31-,32-/m1/s1. The Morgan fingerprint density at radius 3 is 2.71 bits per heavy atom. The van der Waals surface area contributed by atoms with Crippen molar-refractivity contribution >= 4 is 46.0 Å². The molecule has 10 heteroatoms. The first-order valence-corrected chi connectivity index (χ1v) is 14.7. The summed E-state index contributed by atoms with van der Waals surface area (Å²) in [4.78, 5) is 44.7. The van der Waals surface area contributed by atoms with Crippen molar-refractivity contribution in [1.82, 2.24) is 0 Å². The van der Waals surface area contributed by atoms with Crippen LogP contribution in [0.25, 0.3) is 11.0 Å². The molecule has 7 rings (SSSR count). The van der Waals surface area contributed by atoms with Crippen LogP contribution in [0, 0.1) is 5.82 Å². The van der Waals surface area contributed by atoms with Gasteiger partial charge in [0.15, 0.2) is 0 Å². The first-order chi connectivity index (χ1) is 20.3. The Morgan fingerprint density at radius 2 is 1.90 bits per heavy atom. The van der Waals surface area contributed by atoms with Gasteiger partial charge in [-0.25, -0.2) is 9.18 Å². The Morgan fingerprint density at radius 1 is 1.12 bits per heavy atom. The quantitative estimate of drug-likeness (QED) is 0.238. The number of methoxy groups -OCH3 is 1. The van der Waals surface area contributed by atoms with Crippen molar-refractivity contribution in [1.29, 1.82) is 0 Å². The van der Waals surface area contributed by atoms with Gasteiger partial charge in [-0.3, -0.25) is 9.59 Å². The van der Waals surface area contributed by atoms with Gasteiger partial charge < -0.3 is 24.1 Å². The third kappa shape index (κ3) is 3.57. The molecular weight excluding hydrogens is 559 g/mol. The molecule has 3 aliphatic heterocycles. The number of anilines is 2. The molecule has 3 atom stereocenters. The summed E-state index contributed by atoms with van der Waals surface area (Å²) >= 11 is 1.32. The minimum atomic E-state index is -1.76. The van der Waals surface area contributed by atoms with Crippen LogP contribution >= 0.6 is 11.8 Å². The number of hydrogen-bond acceptors (Lipinski definition) is 8. The Labute approximate surface area is 244 Å². The molecule has 0 saturated heterocycles. The molecule has 0 saturated carbocycles. The summed E-state index contributed by atoms with van der Waals surface area (Å²) in [7, 11) is 1.28. The number of nitrogens with one attached hydrogen (secondary N) is 1. The first-order valence-electron chi connectivity index (χ1n) is 13.8. The fourth-order valence-electron chi connectivity index (χ4n) is 6.58. The molecule has 42 heavy (non-hydrogen) atoms. The van der Waals surface area contributed by atoms with Crippen LogP contribution in [-0.2, 0) is 19.7 Å². The second-order valence-corrected chi connectivity index (χ2v) is 11.9.